The zero-order valence-electron chi connectivity index (χ0n) is 30.6. The molecule has 0 bridgehead atoms. The summed E-state index contributed by atoms with van der Waals surface area (Å²) in [6.07, 6.45) is 0. The Morgan fingerprint density at radius 1 is 0.214 bits per heavy atom. The van der Waals surface area contributed by atoms with Crippen LogP contribution in [-0.4, -0.2) is 0 Å². The van der Waals surface area contributed by atoms with Gasteiger partial charge in [0, 0.05) is 262 Å². The molecule has 0 spiro atoms. The number of hydrogen-bond acceptors (Lipinski definition) is 0. The van der Waals surface area contributed by atoms with Crippen LogP contribution in [-0.2, 0) is 262 Å². The van der Waals surface area contributed by atoms with Crippen LogP contribution in [0.1, 0.15) is 0 Å². The van der Waals surface area contributed by atoms with Crippen molar-refractivity contribution in [1.82, 2.24) is 0 Å². The second-order valence-electron chi connectivity index (χ2n) is 11.5. The molecule has 0 saturated heterocycles. The Balaban J connectivity index is 0.00000378. The summed E-state index contributed by atoms with van der Waals surface area (Å²) in [6, 6.07) is 80.3. The second kappa shape index (κ2) is 29.9. The summed E-state index contributed by atoms with van der Waals surface area (Å²) < 4.78 is 0. The summed E-state index contributed by atoms with van der Waals surface area (Å²) in [7, 11) is 0. The molecule has 0 aliphatic rings. The summed E-state index contributed by atoms with van der Waals surface area (Å²) in [5.41, 5.74) is 15.0. The third kappa shape index (κ3) is 15.4. The van der Waals surface area contributed by atoms with Crippen LogP contribution in [0, 0.1) is 48.5 Å². The molecule has 8 heteroatoms. The van der Waals surface area contributed by atoms with Crippen LogP contribution in [0.5, 0.6) is 0 Å². The van der Waals surface area contributed by atoms with Gasteiger partial charge in [0.1, 0.15) is 0 Å². The minimum Gasteiger partial charge on any atom is -0.226 e. The molecule has 8 aromatic carbocycles. The Morgan fingerprint density at radius 3 is 0.554 bits per heavy atom. The maximum Gasteiger partial charge on any atom is 0 e. The van der Waals surface area contributed by atoms with Crippen LogP contribution in [0.15, 0.2) is 158 Å². The van der Waals surface area contributed by atoms with Crippen molar-refractivity contribution in [2.24, 2.45) is 0 Å². The zero-order valence-corrected chi connectivity index (χ0v) is 53.3. The molecule has 250 valence electrons. The van der Waals surface area contributed by atoms with E-state index in [1.807, 2.05) is 72.8 Å². The fourth-order valence-corrected chi connectivity index (χ4v) is 5.78. The van der Waals surface area contributed by atoms with Crippen molar-refractivity contribution in [2.75, 3.05) is 0 Å². The van der Waals surface area contributed by atoms with Gasteiger partial charge >= 0.3 is 0 Å². The van der Waals surface area contributed by atoms with Gasteiger partial charge in [-0.1, -0.05) is 0 Å². The van der Waals surface area contributed by atoms with Crippen molar-refractivity contribution in [2.45, 2.75) is 0 Å². The third-order valence-electron chi connectivity index (χ3n) is 8.49. The van der Waals surface area contributed by atoms with Crippen LogP contribution in [0.2, 0.25) is 0 Å². The van der Waals surface area contributed by atoms with Crippen molar-refractivity contribution in [3.05, 3.63) is 206 Å². The smallest absolute Gasteiger partial charge is 0 e. The molecule has 0 unspecified atom stereocenters. The van der Waals surface area contributed by atoms with E-state index in [0.29, 0.717) is 0 Å². The monoisotopic (exact) mass is 1310 g/mol. The average molecular weight is 1310 g/mol. The SMILES string of the molecule is [Y].[Y].[Y].[Y].[Y].[Y].[Y].[Y].[c-]1cccc(-c2c[c-]c(-c3[c-]cc(-c4c[c-]c(-c5[c-]cc(-c6c[c-]c(-c7[c-]cc(-c8c[c-]ccc8)cc7)cc6)cc5)cc4)cc3)cc2)c1. The maximum atomic E-state index is 3.45. The topological polar surface area (TPSA) is 0 Å². The van der Waals surface area contributed by atoms with Gasteiger partial charge in [0.15, 0.2) is 0 Å². The standard InChI is InChI=1S/C48H26.8Y/c1-3-7-35(8-4-1)37-11-15-39(16-12-37)41-19-23-43(24-20-41)45-27-31-47(32-28-45)48-33-29-46(30-34-48)44-25-21-42(22-26-44)40-17-13-38(14-18-40)36-9-5-2-6-10-36;;;;;;;;/h1-3,5,7-15,17,19,21,23-31,33H;;;;;;;;/q-8;;;;;;;;. The fourth-order valence-electron chi connectivity index (χ4n) is 5.78. The summed E-state index contributed by atoms with van der Waals surface area (Å²) in [4.78, 5) is 0. The predicted octanol–water partition coefficient (Wildman–Crippen LogP) is 11.7. The molecule has 56 heavy (non-hydrogen) atoms. The predicted molar refractivity (Wildman–Crippen MR) is 195 cm³/mol. The number of benzene rings is 8. The molecule has 0 heterocycles. The van der Waals surface area contributed by atoms with Gasteiger partial charge in [-0.15, -0.1) is 22.3 Å². The molecule has 0 N–H and O–H groups in total. The van der Waals surface area contributed by atoms with Crippen molar-refractivity contribution in [1.29, 1.82) is 0 Å². The zero-order chi connectivity index (χ0) is 32.1. The van der Waals surface area contributed by atoms with Crippen molar-refractivity contribution in [3.8, 4) is 77.9 Å². The van der Waals surface area contributed by atoms with E-state index >= 15 is 0 Å². The van der Waals surface area contributed by atoms with Crippen LogP contribution < -0.4 is 0 Å². The average Bonchev–Trinajstić information content (AvgIpc) is 3.19. The van der Waals surface area contributed by atoms with E-state index in [9.17, 15) is 0 Å². The first kappa shape index (κ1) is 58.6. The summed E-state index contributed by atoms with van der Waals surface area (Å²) in [5.74, 6) is 0. The van der Waals surface area contributed by atoms with Gasteiger partial charge in [-0.2, -0.15) is 229 Å². The molecular formula is C48H26Y8-8. The Kier molecular flexibility index (Phi) is 31.2. The summed E-state index contributed by atoms with van der Waals surface area (Å²) in [5, 5.41) is 0. The molecule has 0 amide bonds. The van der Waals surface area contributed by atoms with Gasteiger partial charge in [-0.25, -0.2) is 33.4 Å². The Morgan fingerprint density at radius 2 is 0.411 bits per heavy atom. The Labute approximate surface area is 534 Å². The van der Waals surface area contributed by atoms with E-state index in [1.165, 1.54) is 0 Å². The molecular weight excluding hydrogens is 1290 g/mol. The van der Waals surface area contributed by atoms with Crippen molar-refractivity contribution >= 4 is 0 Å². The molecule has 0 nitrogen and oxygen atoms in total. The van der Waals surface area contributed by atoms with E-state index in [-0.39, 0.29) is 262 Å². The van der Waals surface area contributed by atoms with E-state index < -0.39 is 0 Å². The largest absolute Gasteiger partial charge is 0.226 e. The van der Waals surface area contributed by atoms with E-state index in [1.54, 1.807) is 0 Å². The van der Waals surface area contributed by atoms with E-state index in [0.717, 1.165) is 77.9 Å². The van der Waals surface area contributed by atoms with Gasteiger partial charge in [-0.3, -0.25) is 0 Å². The Bertz CT molecular complexity index is 2090. The minimum absolute atomic E-state index is 0. The molecule has 8 rings (SSSR count). The van der Waals surface area contributed by atoms with Crippen molar-refractivity contribution in [3.63, 3.8) is 0 Å². The summed E-state index contributed by atoms with van der Waals surface area (Å²) >= 11 is 0. The van der Waals surface area contributed by atoms with Gasteiger partial charge in [0.2, 0.25) is 0 Å². The van der Waals surface area contributed by atoms with Crippen LogP contribution in [0.3, 0.4) is 0 Å². The molecule has 0 saturated carbocycles. The first-order valence-corrected chi connectivity index (χ1v) is 15.8. The van der Waals surface area contributed by atoms with Gasteiger partial charge in [0.05, 0.1) is 0 Å². The van der Waals surface area contributed by atoms with Crippen molar-refractivity contribution < 1.29 is 262 Å². The van der Waals surface area contributed by atoms with Gasteiger partial charge in [0.25, 0.3) is 0 Å². The molecule has 0 aliphatic heterocycles. The number of rotatable bonds is 7. The molecule has 0 atom stereocenters. The van der Waals surface area contributed by atoms with Crippen LogP contribution in [0.25, 0.3) is 77.9 Å². The maximum absolute atomic E-state index is 3.45. The third-order valence-corrected chi connectivity index (χ3v) is 8.49. The number of hydrogen-bond donors (Lipinski definition) is 0. The van der Waals surface area contributed by atoms with Crippen LogP contribution in [0.4, 0.5) is 0 Å². The quantitative estimate of drug-likeness (QED) is 0.140. The summed E-state index contributed by atoms with van der Waals surface area (Å²) in [6.45, 7) is 0. The van der Waals surface area contributed by atoms with Gasteiger partial charge < -0.3 is 0 Å². The fraction of sp³-hybridized carbons (Fsp3) is 0. The molecule has 0 aromatic heterocycles. The van der Waals surface area contributed by atoms with E-state index in [2.05, 4.69) is 133 Å². The van der Waals surface area contributed by atoms with Gasteiger partial charge in [-0.05, 0) is 0 Å². The first-order valence-electron chi connectivity index (χ1n) is 15.8. The normalized spacial score (nSPS) is 9.36. The first-order chi connectivity index (χ1) is 23.8. The Hall–Kier alpha value is 2.59. The second-order valence-corrected chi connectivity index (χ2v) is 11.5. The minimum atomic E-state index is 0. The molecule has 8 radical (unpaired) electrons. The molecule has 0 aliphatic carbocycles. The van der Waals surface area contributed by atoms with Crippen LogP contribution >= 0.6 is 0 Å². The molecule has 0 fully saturated rings. The van der Waals surface area contributed by atoms with E-state index in [4.69, 9.17) is 0 Å². The molecule has 8 aromatic rings.